The van der Waals surface area contributed by atoms with Crippen LogP contribution in [0, 0.1) is 5.82 Å². The van der Waals surface area contributed by atoms with Gasteiger partial charge in [0, 0.05) is 37.5 Å². The van der Waals surface area contributed by atoms with Gasteiger partial charge in [-0.1, -0.05) is 13.3 Å². The van der Waals surface area contributed by atoms with E-state index in [9.17, 15) is 14.0 Å². The highest BCUT2D eigenvalue weighted by atomic mass is 19.1. The van der Waals surface area contributed by atoms with Crippen molar-refractivity contribution < 1.29 is 18.7 Å². The molecule has 0 radical (unpaired) electrons. The summed E-state index contributed by atoms with van der Waals surface area (Å²) in [5.41, 5.74) is 0.0116. The molecular formula is C19H25FN2O3. The molecule has 3 rings (SSSR count). The fraction of sp³-hybridized carbons (Fsp3) is 0.579. The van der Waals surface area contributed by atoms with Crippen LogP contribution in [-0.2, 0) is 4.74 Å². The molecule has 1 spiro atoms. The predicted molar refractivity (Wildman–Crippen MR) is 91.8 cm³/mol. The first kappa shape index (κ1) is 17.7. The van der Waals surface area contributed by atoms with E-state index < -0.39 is 5.60 Å². The lowest BCUT2D eigenvalue weighted by molar-refractivity contribution is 0.00307. The Morgan fingerprint density at radius 2 is 1.92 bits per heavy atom. The van der Waals surface area contributed by atoms with Crippen LogP contribution in [0.1, 0.15) is 49.9 Å². The van der Waals surface area contributed by atoms with E-state index >= 15 is 0 Å². The molecule has 2 saturated heterocycles. The largest absolute Gasteiger partial charge is 0.441 e. The second-order valence-electron chi connectivity index (χ2n) is 7.12. The molecule has 2 heterocycles. The molecule has 2 aliphatic heterocycles. The number of rotatable bonds is 4. The molecule has 2 aliphatic rings. The molecule has 5 nitrogen and oxygen atoms in total. The molecule has 2 fully saturated rings. The topological polar surface area (TPSA) is 49.9 Å². The van der Waals surface area contributed by atoms with Crippen LogP contribution in [0.5, 0.6) is 0 Å². The third-order valence-corrected chi connectivity index (χ3v) is 5.29. The van der Waals surface area contributed by atoms with Crippen molar-refractivity contribution in [1.82, 2.24) is 9.80 Å². The molecule has 1 aromatic carbocycles. The van der Waals surface area contributed by atoms with Crippen LogP contribution in [0.4, 0.5) is 9.18 Å². The Balaban J connectivity index is 1.61. The van der Waals surface area contributed by atoms with Gasteiger partial charge in [0.15, 0.2) is 0 Å². The molecule has 0 unspecified atom stereocenters. The first-order valence-corrected chi connectivity index (χ1v) is 8.98. The second kappa shape index (κ2) is 7.02. The highest BCUT2D eigenvalue weighted by molar-refractivity contribution is 5.94. The third-order valence-electron chi connectivity index (χ3n) is 5.29. The van der Waals surface area contributed by atoms with Gasteiger partial charge in [-0.3, -0.25) is 4.79 Å². The van der Waals surface area contributed by atoms with Crippen molar-refractivity contribution in [3.05, 3.63) is 35.6 Å². The van der Waals surface area contributed by atoms with E-state index in [0.29, 0.717) is 38.0 Å². The molecule has 25 heavy (non-hydrogen) atoms. The minimum absolute atomic E-state index is 0.101. The van der Waals surface area contributed by atoms with Crippen molar-refractivity contribution in [1.29, 1.82) is 0 Å². The van der Waals surface area contributed by atoms with E-state index in [0.717, 1.165) is 12.8 Å². The Bertz CT molecular complexity index is 639. The maximum absolute atomic E-state index is 13.0. The van der Waals surface area contributed by atoms with Crippen molar-refractivity contribution in [3.63, 3.8) is 0 Å². The van der Waals surface area contributed by atoms with E-state index in [-0.39, 0.29) is 23.9 Å². The molecule has 0 aromatic heterocycles. The number of nitrogens with zero attached hydrogens (tertiary/aromatic N) is 2. The predicted octanol–water partition coefficient (Wildman–Crippen LogP) is 3.44. The summed E-state index contributed by atoms with van der Waals surface area (Å²) >= 11 is 0. The van der Waals surface area contributed by atoms with Crippen LogP contribution in [0.25, 0.3) is 0 Å². The molecule has 6 heteroatoms. The number of benzene rings is 1. The molecule has 2 amide bonds. The molecule has 0 aliphatic carbocycles. The monoisotopic (exact) mass is 348 g/mol. The van der Waals surface area contributed by atoms with Crippen LogP contribution in [0.3, 0.4) is 0 Å². The van der Waals surface area contributed by atoms with Gasteiger partial charge in [-0.2, -0.15) is 0 Å². The molecule has 0 N–H and O–H groups in total. The number of halogens is 1. The maximum atomic E-state index is 13.0. The smallest absolute Gasteiger partial charge is 0.410 e. The van der Waals surface area contributed by atoms with Crippen molar-refractivity contribution in [2.75, 3.05) is 19.6 Å². The summed E-state index contributed by atoms with van der Waals surface area (Å²) in [6, 6.07) is 5.78. The van der Waals surface area contributed by atoms with Gasteiger partial charge in [0.2, 0.25) is 0 Å². The number of carbonyl (C=O) groups excluding carboxylic acids is 2. The molecule has 0 saturated carbocycles. The van der Waals surface area contributed by atoms with Crippen LogP contribution >= 0.6 is 0 Å². The van der Waals surface area contributed by atoms with E-state index in [1.165, 1.54) is 24.3 Å². The normalized spacial score (nSPS) is 20.7. The second-order valence-corrected chi connectivity index (χ2v) is 7.12. The lowest BCUT2D eigenvalue weighted by Crippen LogP contribution is -2.49. The Kier molecular flexibility index (Phi) is 4.97. The summed E-state index contributed by atoms with van der Waals surface area (Å²) in [5.74, 6) is -0.455. The van der Waals surface area contributed by atoms with Gasteiger partial charge in [-0.15, -0.1) is 0 Å². The SMILES string of the molecule is CCC[C@H](C)N1CC2(CCN(C(=O)c3ccc(F)cc3)CC2)OC1=O. The first-order valence-electron chi connectivity index (χ1n) is 8.98. The Morgan fingerprint density at radius 3 is 2.52 bits per heavy atom. The number of amides is 2. The molecule has 0 bridgehead atoms. The van der Waals surface area contributed by atoms with Gasteiger partial charge in [-0.05, 0) is 37.6 Å². The number of hydrogen-bond acceptors (Lipinski definition) is 3. The highest BCUT2D eigenvalue weighted by Gasteiger charge is 2.48. The van der Waals surface area contributed by atoms with Crippen LogP contribution in [0.2, 0.25) is 0 Å². The summed E-state index contributed by atoms with van der Waals surface area (Å²) in [4.78, 5) is 28.3. The zero-order valence-corrected chi connectivity index (χ0v) is 14.8. The van der Waals surface area contributed by atoms with Gasteiger partial charge in [0.05, 0.1) is 6.54 Å². The van der Waals surface area contributed by atoms with E-state index in [1.807, 2.05) is 4.90 Å². The van der Waals surface area contributed by atoms with E-state index in [4.69, 9.17) is 4.74 Å². The number of likely N-dealkylation sites (tertiary alicyclic amines) is 1. The minimum atomic E-state index is -0.474. The average molecular weight is 348 g/mol. The molecule has 1 aromatic rings. The Morgan fingerprint density at radius 1 is 1.28 bits per heavy atom. The van der Waals surface area contributed by atoms with Crippen molar-refractivity contribution in [2.45, 2.75) is 51.2 Å². The quantitative estimate of drug-likeness (QED) is 0.837. The number of piperidine rings is 1. The van der Waals surface area contributed by atoms with Gasteiger partial charge in [-0.25, -0.2) is 9.18 Å². The summed E-state index contributed by atoms with van der Waals surface area (Å²) in [6.07, 6.45) is 3.03. The third kappa shape index (κ3) is 3.62. The summed E-state index contributed by atoms with van der Waals surface area (Å²) in [5, 5.41) is 0. The van der Waals surface area contributed by atoms with Gasteiger partial charge < -0.3 is 14.5 Å². The standard InChI is InChI=1S/C19H25FN2O3/c1-3-4-14(2)22-13-19(25-18(22)24)9-11-21(12-10-19)17(23)15-5-7-16(20)8-6-15/h5-8,14H,3-4,9-13H2,1-2H3/t14-/m0/s1. The van der Waals surface area contributed by atoms with Crippen LogP contribution in [0.15, 0.2) is 24.3 Å². The average Bonchev–Trinajstić information content (AvgIpc) is 2.92. The maximum Gasteiger partial charge on any atom is 0.410 e. The van der Waals surface area contributed by atoms with Gasteiger partial charge in [0.1, 0.15) is 11.4 Å². The summed E-state index contributed by atoms with van der Waals surface area (Å²) in [7, 11) is 0. The lowest BCUT2D eigenvalue weighted by atomic mass is 9.90. The molecule has 1 atom stereocenters. The van der Waals surface area contributed by atoms with Crippen molar-refractivity contribution in [2.24, 2.45) is 0 Å². The van der Waals surface area contributed by atoms with Crippen molar-refractivity contribution in [3.8, 4) is 0 Å². The van der Waals surface area contributed by atoms with Crippen LogP contribution < -0.4 is 0 Å². The number of ether oxygens (including phenoxy) is 1. The Labute approximate surface area is 147 Å². The Hall–Kier alpha value is -2.11. The van der Waals surface area contributed by atoms with Crippen molar-refractivity contribution >= 4 is 12.0 Å². The van der Waals surface area contributed by atoms with E-state index in [2.05, 4.69) is 13.8 Å². The van der Waals surface area contributed by atoms with Crippen LogP contribution in [-0.4, -0.2) is 53.1 Å². The number of carbonyl (C=O) groups is 2. The molecule has 136 valence electrons. The fourth-order valence-electron chi connectivity index (χ4n) is 3.71. The minimum Gasteiger partial charge on any atom is -0.441 e. The zero-order valence-electron chi connectivity index (χ0n) is 14.8. The van der Waals surface area contributed by atoms with E-state index in [1.54, 1.807) is 4.90 Å². The lowest BCUT2D eigenvalue weighted by Gasteiger charge is -2.37. The van der Waals surface area contributed by atoms with Gasteiger partial charge >= 0.3 is 6.09 Å². The fourth-order valence-corrected chi connectivity index (χ4v) is 3.71. The van der Waals surface area contributed by atoms with Gasteiger partial charge in [0.25, 0.3) is 5.91 Å². The first-order chi connectivity index (χ1) is 11.9. The highest BCUT2D eigenvalue weighted by Crippen LogP contribution is 2.35. The summed E-state index contributed by atoms with van der Waals surface area (Å²) < 4.78 is 18.7. The zero-order chi connectivity index (χ0) is 18.0. The summed E-state index contributed by atoms with van der Waals surface area (Å²) in [6.45, 7) is 5.84. The number of hydrogen-bond donors (Lipinski definition) is 0. The molecular weight excluding hydrogens is 323 g/mol.